The maximum atomic E-state index is 11.7. The van der Waals surface area contributed by atoms with E-state index >= 15 is 0 Å². The van der Waals surface area contributed by atoms with Crippen LogP contribution in [0.4, 0.5) is 0 Å². The fourth-order valence-corrected chi connectivity index (χ4v) is 2.64. The van der Waals surface area contributed by atoms with E-state index < -0.39 is 20.8 Å². The first kappa shape index (κ1) is 16.6. The van der Waals surface area contributed by atoms with Gasteiger partial charge in [-0.2, -0.15) is 0 Å². The molecular weight excluding hydrogens is 322 g/mol. The molecule has 0 atom stereocenters. The Kier molecular flexibility index (Phi) is 4.70. The molecule has 0 radical (unpaired) electrons. The van der Waals surface area contributed by atoms with Crippen LogP contribution >= 0.6 is 0 Å². The normalized spacial score (nSPS) is 11.0. The Hall–Kier alpha value is -2.81. The number of amides is 1. The molecule has 0 bridgehead atoms. The van der Waals surface area contributed by atoms with Crippen LogP contribution in [0, 0.1) is 0 Å². The summed E-state index contributed by atoms with van der Waals surface area (Å²) in [6.07, 6.45) is 4.35. The smallest absolute Gasteiger partial charge is 0.251 e. The summed E-state index contributed by atoms with van der Waals surface area (Å²) in [5.74, 6) is -0.648. The Morgan fingerprint density at radius 1 is 1.35 bits per heavy atom. The molecule has 0 spiro atoms. The first-order chi connectivity index (χ1) is 10.8. The number of sulfone groups is 1. The summed E-state index contributed by atoms with van der Waals surface area (Å²) in [6, 6.07) is 4.17. The quantitative estimate of drug-likeness (QED) is 0.755. The zero-order valence-electron chi connectivity index (χ0n) is 12.1. The maximum Gasteiger partial charge on any atom is 0.251 e. The van der Waals surface area contributed by atoms with Crippen LogP contribution in [0.1, 0.15) is 26.4 Å². The molecule has 0 saturated heterocycles. The second-order valence-electron chi connectivity index (χ2n) is 4.61. The third-order valence-electron chi connectivity index (χ3n) is 2.85. The minimum atomic E-state index is -3.73. The Balaban J connectivity index is 2.31. The Labute approximate surface area is 132 Å². The van der Waals surface area contributed by atoms with Crippen molar-refractivity contribution in [3.63, 3.8) is 0 Å². The molecule has 9 heteroatoms. The highest BCUT2D eigenvalue weighted by Gasteiger charge is 2.19. The number of carbonyl (C=O) groups is 2. The molecule has 120 valence electrons. The van der Waals surface area contributed by atoms with Gasteiger partial charge >= 0.3 is 0 Å². The summed E-state index contributed by atoms with van der Waals surface area (Å²) in [7, 11) is -3.73. The standard InChI is InChI=1S/C14H13N3O5S/c1-23(20,21)14-11(13(15)19)3-2-10(17-14)8-22-12-6-16-5-4-9(12)7-18/h2-7H,8H2,1H3,(H2,15,19). The van der Waals surface area contributed by atoms with Gasteiger partial charge in [0, 0.05) is 12.5 Å². The molecule has 2 aromatic rings. The first-order valence-corrected chi connectivity index (χ1v) is 8.24. The number of nitrogens with zero attached hydrogens (tertiary/aromatic N) is 2. The summed E-state index contributed by atoms with van der Waals surface area (Å²) < 4.78 is 28.9. The van der Waals surface area contributed by atoms with Crippen LogP contribution in [0.15, 0.2) is 35.6 Å². The lowest BCUT2D eigenvalue weighted by Crippen LogP contribution is -2.18. The Morgan fingerprint density at radius 3 is 2.70 bits per heavy atom. The molecule has 23 heavy (non-hydrogen) atoms. The summed E-state index contributed by atoms with van der Waals surface area (Å²) in [5.41, 5.74) is 5.52. The van der Waals surface area contributed by atoms with Crippen LogP contribution in [0.25, 0.3) is 0 Å². The molecule has 2 N–H and O–H groups in total. The van der Waals surface area contributed by atoms with Gasteiger partial charge in [-0.3, -0.25) is 14.6 Å². The number of hydrogen-bond acceptors (Lipinski definition) is 7. The van der Waals surface area contributed by atoms with Gasteiger partial charge in [0.1, 0.15) is 12.4 Å². The SMILES string of the molecule is CS(=O)(=O)c1nc(COc2cnccc2C=O)ccc1C(N)=O. The van der Waals surface area contributed by atoms with Crippen LogP contribution < -0.4 is 10.5 Å². The third-order valence-corrected chi connectivity index (χ3v) is 3.87. The number of carbonyl (C=O) groups excluding carboxylic acids is 2. The van der Waals surface area contributed by atoms with E-state index in [1.165, 1.54) is 30.6 Å². The molecule has 0 aliphatic heterocycles. The Morgan fingerprint density at radius 2 is 2.09 bits per heavy atom. The van der Waals surface area contributed by atoms with Crippen LogP contribution in [-0.2, 0) is 16.4 Å². The molecule has 0 saturated carbocycles. The van der Waals surface area contributed by atoms with Crippen molar-refractivity contribution >= 4 is 22.0 Å². The van der Waals surface area contributed by atoms with Crippen molar-refractivity contribution in [2.75, 3.05) is 6.26 Å². The zero-order chi connectivity index (χ0) is 17.0. The van der Waals surface area contributed by atoms with Crippen molar-refractivity contribution < 1.29 is 22.7 Å². The average Bonchev–Trinajstić information content (AvgIpc) is 2.52. The number of primary amides is 1. The summed E-state index contributed by atoms with van der Waals surface area (Å²) in [5, 5.41) is -0.409. The third kappa shape index (κ3) is 3.89. The molecule has 1 amide bonds. The molecule has 0 aliphatic carbocycles. The van der Waals surface area contributed by atoms with Gasteiger partial charge in [0.25, 0.3) is 5.91 Å². The van der Waals surface area contributed by atoms with E-state index in [0.717, 1.165) is 6.26 Å². The fraction of sp³-hybridized carbons (Fsp3) is 0.143. The van der Waals surface area contributed by atoms with Crippen LogP contribution in [0.5, 0.6) is 5.75 Å². The van der Waals surface area contributed by atoms with Gasteiger partial charge in [-0.1, -0.05) is 0 Å². The molecule has 2 heterocycles. The summed E-state index contributed by atoms with van der Waals surface area (Å²) >= 11 is 0. The second kappa shape index (κ2) is 6.53. The van der Waals surface area contributed by atoms with E-state index in [0.29, 0.717) is 11.8 Å². The van der Waals surface area contributed by atoms with Crippen LogP contribution in [0.2, 0.25) is 0 Å². The molecule has 2 rings (SSSR count). The van der Waals surface area contributed by atoms with Crippen molar-refractivity contribution in [2.24, 2.45) is 5.73 Å². The maximum absolute atomic E-state index is 11.7. The molecule has 0 fully saturated rings. The highest BCUT2D eigenvalue weighted by atomic mass is 32.2. The van der Waals surface area contributed by atoms with E-state index in [2.05, 4.69) is 9.97 Å². The average molecular weight is 335 g/mol. The number of rotatable bonds is 6. The number of aromatic nitrogens is 2. The summed E-state index contributed by atoms with van der Waals surface area (Å²) in [4.78, 5) is 29.9. The van der Waals surface area contributed by atoms with Gasteiger partial charge < -0.3 is 10.5 Å². The molecule has 0 aromatic carbocycles. The Bertz CT molecular complexity index is 864. The monoisotopic (exact) mass is 335 g/mol. The molecule has 0 aliphatic rings. The number of ether oxygens (including phenoxy) is 1. The van der Waals surface area contributed by atoms with Crippen molar-refractivity contribution in [1.82, 2.24) is 9.97 Å². The van der Waals surface area contributed by atoms with Crippen LogP contribution in [0.3, 0.4) is 0 Å². The number of aldehydes is 1. The second-order valence-corrected chi connectivity index (χ2v) is 6.54. The van der Waals surface area contributed by atoms with Crippen LogP contribution in [-0.4, -0.2) is 36.8 Å². The van der Waals surface area contributed by atoms with Gasteiger partial charge in [0.05, 0.1) is 23.0 Å². The van der Waals surface area contributed by atoms with Crippen molar-refractivity contribution in [3.05, 3.63) is 47.4 Å². The summed E-state index contributed by atoms with van der Waals surface area (Å²) in [6.45, 7) is -0.103. The number of pyridine rings is 2. The minimum absolute atomic E-state index is 0.103. The molecular formula is C14H13N3O5S. The van der Waals surface area contributed by atoms with Gasteiger partial charge in [-0.05, 0) is 18.2 Å². The van der Waals surface area contributed by atoms with Crippen molar-refractivity contribution in [1.29, 1.82) is 0 Å². The number of hydrogen-bond donors (Lipinski definition) is 1. The molecule has 0 unspecified atom stereocenters. The lowest BCUT2D eigenvalue weighted by Gasteiger charge is -2.09. The van der Waals surface area contributed by atoms with Gasteiger partial charge in [-0.15, -0.1) is 0 Å². The lowest BCUT2D eigenvalue weighted by atomic mass is 10.2. The highest BCUT2D eigenvalue weighted by molar-refractivity contribution is 7.90. The van der Waals surface area contributed by atoms with Crippen molar-refractivity contribution in [2.45, 2.75) is 11.6 Å². The topological polar surface area (TPSA) is 129 Å². The van der Waals surface area contributed by atoms with Crippen molar-refractivity contribution in [3.8, 4) is 5.75 Å². The van der Waals surface area contributed by atoms with E-state index in [9.17, 15) is 18.0 Å². The van der Waals surface area contributed by atoms with E-state index in [4.69, 9.17) is 10.5 Å². The van der Waals surface area contributed by atoms with Gasteiger partial charge in [-0.25, -0.2) is 13.4 Å². The molecule has 2 aromatic heterocycles. The highest BCUT2D eigenvalue weighted by Crippen LogP contribution is 2.18. The van der Waals surface area contributed by atoms with Gasteiger partial charge in [0.2, 0.25) is 0 Å². The fourth-order valence-electron chi connectivity index (χ4n) is 1.79. The predicted molar refractivity (Wildman–Crippen MR) is 79.8 cm³/mol. The zero-order valence-corrected chi connectivity index (χ0v) is 12.9. The van der Waals surface area contributed by atoms with E-state index in [1.54, 1.807) is 0 Å². The lowest BCUT2D eigenvalue weighted by molar-refractivity contribution is 0.0995. The minimum Gasteiger partial charge on any atom is -0.485 e. The molecule has 8 nitrogen and oxygen atoms in total. The van der Waals surface area contributed by atoms with E-state index in [1.807, 2.05) is 0 Å². The number of nitrogens with two attached hydrogens (primary N) is 1. The first-order valence-electron chi connectivity index (χ1n) is 6.34. The van der Waals surface area contributed by atoms with E-state index in [-0.39, 0.29) is 23.6 Å². The van der Waals surface area contributed by atoms with Gasteiger partial charge in [0.15, 0.2) is 21.1 Å². The largest absolute Gasteiger partial charge is 0.485 e. The predicted octanol–water partition coefficient (Wildman–Crippen LogP) is 0.371.